The maximum atomic E-state index is 5.65. The van der Waals surface area contributed by atoms with Crippen LogP contribution in [0.1, 0.15) is 30.5 Å². The van der Waals surface area contributed by atoms with E-state index in [4.69, 9.17) is 21.7 Å². The first-order valence-corrected chi connectivity index (χ1v) is 9.28. The molecule has 0 radical (unpaired) electrons. The Morgan fingerprint density at radius 3 is 2.19 bits per heavy atom. The molecular weight excluding hydrogens is 344 g/mol. The molecule has 0 unspecified atom stereocenters. The Kier molecular flexibility index (Phi) is 7.27. The Labute approximate surface area is 162 Å². The standard InChI is InChI=1S/C21H28N2O2S/c1-6-15-9-8-10-16(7-2)20(15)22-21(26)23(3)14-17-11-12-18(24-4)13-19(17)25-5/h8-13H,6-7,14H2,1-5H3,(H,22,26). The average Bonchev–Trinajstić information content (AvgIpc) is 2.68. The monoisotopic (exact) mass is 372 g/mol. The number of aryl methyl sites for hydroxylation is 2. The molecule has 140 valence electrons. The summed E-state index contributed by atoms with van der Waals surface area (Å²) in [5, 5.41) is 4.15. The Hall–Kier alpha value is -2.27. The van der Waals surface area contributed by atoms with Crippen LogP contribution in [0.2, 0.25) is 0 Å². The molecule has 2 rings (SSSR count). The summed E-state index contributed by atoms with van der Waals surface area (Å²) in [6, 6.07) is 12.2. The van der Waals surface area contributed by atoms with E-state index in [1.807, 2.05) is 30.1 Å². The van der Waals surface area contributed by atoms with E-state index >= 15 is 0 Å². The van der Waals surface area contributed by atoms with E-state index in [1.54, 1.807) is 14.2 Å². The van der Waals surface area contributed by atoms with Crippen molar-refractivity contribution >= 4 is 23.0 Å². The second-order valence-corrected chi connectivity index (χ2v) is 6.51. The van der Waals surface area contributed by atoms with Crippen LogP contribution in [0.25, 0.3) is 0 Å². The van der Waals surface area contributed by atoms with Gasteiger partial charge in [0.1, 0.15) is 11.5 Å². The minimum atomic E-state index is 0.648. The van der Waals surface area contributed by atoms with Gasteiger partial charge >= 0.3 is 0 Å². The van der Waals surface area contributed by atoms with Crippen LogP contribution in [0.3, 0.4) is 0 Å². The zero-order valence-electron chi connectivity index (χ0n) is 16.3. The molecule has 0 aromatic heterocycles. The predicted octanol–water partition coefficient (Wildman–Crippen LogP) is 4.66. The van der Waals surface area contributed by atoms with Gasteiger partial charge in [0.25, 0.3) is 0 Å². The number of ether oxygens (including phenoxy) is 2. The highest BCUT2D eigenvalue weighted by atomic mass is 32.1. The van der Waals surface area contributed by atoms with Crippen molar-refractivity contribution in [3.8, 4) is 11.5 Å². The summed E-state index contributed by atoms with van der Waals surface area (Å²) in [5.41, 5.74) is 4.75. The lowest BCUT2D eigenvalue weighted by Crippen LogP contribution is -2.31. The van der Waals surface area contributed by atoms with Crippen LogP contribution in [0.5, 0.6) is 11.5 Å². The second-order valence-electron chi connectivity index (χ2n) is 6.12. The number of anilines is 1. The first kappa shape index (κ1) is 20.0. The molecule has 0 fully saturated rings. The first-order valence-electron chi connectivity index (χ1n) is 8.87. The highest BCUT2D eigenvalue weighted by Crippen LogP contribution is 2.26. The largest absolute Gasteiger partial charge is 0.497 e. The van der Waals surface area contributed by atoms with Crippen molar-refractivity contribution < 1.29 is 9.47 Å². The topological polar surface area (TPSA) is 33.7 Å². The Balaban J connectivity index is 2.16. The van der Waals surface area contributed by atoms with E-state index in [2.05, 4.69) is 37.4 Å². The Morgan fingerprint density at radius 1 is 1.00 bits per heavy atom. The maximum absolute atomic E-state index is 5.65. The van der Waals surface area contributed by atoms with Crippen molar-refractivity contribution in [1.82, 2.24) is 4.90 Å². The van der Waals surface area contributed by atoms with Crippen molar-refractivity contribution in [2.75, 3.05) is 26.6 Å². The van der Waals surface area contributed by atoms with Gasteiger partial charge in [-0.1, -0.05) is 32.0 Å². The van der Waals surface area contributed by atoms with E-state index in [0.29, 0.717) is 11.7 Å². The zero-order chi connectivity index (χ0) is 19.1. The summed E-state index contributed by atoms with van der Waals surface area (Å²) in [6.45, 7) is 4.97. The highest BCUT2D eigenvalue weighted by Gasteiger charge is 2.13. The minimum Gasteiger partial charge on any atom is -0.497 e. The summed E-state index contributed by atoms with van der Waals surface area (Å²) >= 11 is 5.65. The summed E-state index contributed by atoms with van der Waals surface area (Å²) < 4.78 is 10.8. The molecule has 4 nitrogen and oxygen atoms in total. The molecule has 1 N–H and O–H groups in total. The van der Waals surface area contributed by atoms with Crippen molar-refractivity contribution in [2.24, 2.45) is 0 Å². The van der Waals surface area contributed by atoms with E-state index in [9.17, 15) is 0 Å². The van der Waals surface area contributed by atoms with Gasteiger partial charge in [0.05, 0.1) is 14.2 Å². The number of benzene rings is 2. The van der Waals surface area contributed by atoms with Gasteiger partial charge in [-0.3, -0.25) is 0 Å². The fourth-order valence-corrected chi connectivity index (χ4v) is 3.08. The number of hydrogen-bond acceptors (Lipinski definition) is 3. The number of hydrogen-bond donors (Lipinski definition) is 1. The summed E-state index contributed by atoms with van der Waals surface area (Å²) in [7, 11) is 5.30. The van der Waals surface area contributed by atoms with Crippen LogP contribution < -0.4 is 14.8 Å². The molecule has 0 aliphatic carbocycles. The lowest BCUT2D eigenvalue weighted by atomic mass is 10.0. The fourth-order valence-electron chi connectivity index (χ4n) is 2.92. The van der Waals surface area contributed by atoms with Crippen molar-refractivity contribution in [3.05, 3.63) is 53.1 Å². The normalized spacial score (nSPS) is 10.3. The van der Waals surface area contributed by atoms with Crippen LogP contribution in [0.4, 0.5) is 5.69 Å². The molecule has 26 heavy (non-hydrogen) atoms. The molecule has 0 atom stereocenters. The van der Waals surface area contributed by atoms with Crippen molar-refractivity contribution in [3.63, 3.8) is 0 Å². The average molecular weight is 373 g/mol. The first-order chi connectivity index (χ1) is 12.5. The molecule has 5 heteroatoms. The number of rotatable bonds is 7. The third-order valence-electron chi connectivity index (χ3n) is 4.48. The summed E-state index contributed by atoms with van der Waals surface area (Å²) in [4.78, 5) is 2.02. The van der Waals surface area contributed by atoms with E-state index in [-0.39, 0.29) is 0 Å². The number of nitrogens with one attached hydrogen (secondary N) is 1. The molecule has 0 bridgehead atoms. The van der Waals surface area contributed by atoms with Gasteiger partial charge in [-0.2, -0.15) is 0 Å². The Morgan fingerprint density at radius 2 is 1.65 bits per heavy atom. The highest BCUT2D eigenvalue weighted by molar-refractivity contribution is 7.80. The predicted molar refractivity (Wildman–Crippen MR) is 112 cm³/mol. The van der Waals surface area contributed by atoms with Gasteiger partial charge in [0.15, 0.2) is 5.11 Å². The van der Waals surface area contributed by atoms with Gasteiger partial charge in [-0.05, 0) is 48.3 Å². The third-order valence-corrected chi connectivity index (χ3v) is 4.89. The number of thiocarbonyl (C=S) groups is 1. The number of para-hydroxylation sites is 1. The minimum absolute atomic E-state index is 0.648. The molecule has 0 amide bonds. The maximum Gasteiger partial charge on any atom is 0.173 e. The summed E-state index contributed by atoms with van der Waals surface area (Å²) in [6.07, 6.45) is 1.93. The number of nitrogens with zero attached hydrogens (tertiary/aromatic N) is 1. The quantitative estimate of drug-likeness (QED) is 0.715. The van der Waals surface area contributed by atoms with Crippen molar-refractivity contribution in [1.29, 1.82) is 0 Å². The Bertz CT molecular complexity index is 739. The van der Waals surface area contributed by atoms with E-state index < -0.39 is 0 Å². The zero-order valence-corrected chi connectivity index (χ0v) is 17.1. The third kappa shape index (κ3) is 4.67. The smallest absolute Gasteiger partial charge is 0.173 e. The molecule has 0 aliphatic heterocycles. The van der Waals surface area contributed by atoms with Gasteiger partial charge in [0, 0.05) is 30.9 Å². The van der Waals surface area contributed by atoms with Crippen LogP contribution in [0, 0.1) is 0 Å². The lowest BCUT2D eigenvalue weighted by molar-refractivity contribution is 0.384. The second kappa shape index (κ2) is 9.43. The molecule has 2 aromatic rings. The SMILES string of the molecule is CCc1cccc(CC)c1NC(=S)N(C)Cc1ccc(OC)cc1OC. The summed E-state index contributed by atoms with van der Waals surface area (Å²) in [5.74, 6) is 1.57. The molecule has 0 aliphatic rings. The van der Waals surface area contributed by atoms with Crippen LogP contribution in [-0.2, 0) is 19.4 Å². The molecule has 0 heterocycles. The van der Waals surface area contributed by atoms with Gasteiger partial charge < -0.3 is 19.7 Å². The lowest BCUT2D eigenvalue weighted by Gasteiger charge is -2.24. The van der Waals surface area contributed by atoms with Crippen LogP contribution >= 0.6 is 12.2 Å². The molecule has 0 saturated carbocycles. The fraction of sp³-hybridized carbons (Fsp3) is 0.381. The molecule has 0 saturated heterocycles. The van der Waals surface area contributed by atoms with E-state index in [0.717, 1.165) is 35.6 Å². The molecule has 2 aromatic carbocycles. The molecule has 0 spiro atoms. The van der Waals surface area contributed by atoms with Gasteiger partial charge in [-0.25, -0.2) is 0 Å². The van der Waals surface area contributed by atoms with Crippen LogP contribution in [0.15, 0.2) is 36.4 Å². The van der Waals surface area contributed by atoms with Gasteiger partial charge in [0.2, 0.25) is 0 Å². The van der Waals surface area contributed by atoms with Gasteiger partial charge in [-0.15, -0.1) is 0 Å². The van der Waals surface area contributed by atoms with E-state index in [1.165, 1.54) is 11.1 Å². The van der Waals surface area contributed by atoms with Crippen LogP contribution in [-0.4, -0.2) is 31.3 Å². The number of methoxy groups -OCH3 is 2. The molecular formula is C21H28N2O2S. The van der Waals surface area contributed by atoms with Crippen molar-refractivity contribution in [2.45, 2.75) is 33.2 Å².